The molecule has 0 radical (unpaired) electrons. The third-order valence-electron chi connectivity index (χ3n) is 3.87. The second-order valence-corrected chi connectivity index (χ2v) is 5.01. The van der Waals surface area contributed by atoms with E-state index in [0.717, 1.165) is 25.9 Å². The van der Waals surface area contributed by atoms with Crippen molar-refractivity contribution in [2.24, 2.45) is 13.0 Å². The Labute approximate surface area is 108 Å². The number of nitrogens with one attached hydrogen (secondary N) is 1. The van der Waals surface area contributed by atoms with Gasteiger partial charge in [0.1, 0.15) is 0 Å². The van der Waals surface area contributed by atoms with Crippen molar-refractivity contribution in [2.75, 3.05) is 20.1 Å². The van der Waals surface area contributed by atoms with Crippen LogP contribution in [0.4, 0.5) is 0 Å². The molecule has 5 heteroatoms. The summed E-state index contributed by atoms with van der Waals surface area (Å²) >= 11 is 0. The summed E-state index contributed by atoms with van der Waals surface area (Å²) in [4.78, 5) is 14.3. The molecule has 2 rings (SSSR count). The highest BCUT2D eigenvalue weighted by atomic mass is 16.2. The largest absolute Gasteiger partial charge is 0.338 e. The van der Waals surface area contributed by atoms with Crippen LogP contribution in [-0.2, 0) is 7.05 Å². The molecule has 1 aliphatic rings. The van der Waals surface area contributed by atoms with Gasteiger partial charge in [0.05, 0.1) is 11.8 Å². The average molecular weight is 250 g/mol. The Morgan fingerprint density at radius 1 is 1.61 bits per heavy atom. The maximum atomic E-state index is 12.3. The zero-order valence-electron chi connectivity index (χ0n) is 11.4. The van der Waals surface area contributed by atoms with Crippen LogP contribution in [-0.4, -0.2) is 46.8 Å². The normalized spacial score (nSPS) is 24.3. The van der Waals surface area contributed by atoms with Gasteiger partial charge >= 0.3 is 0 Å². The Morgan fingerprint density at radius 2 is 2.39 bits per heavy atom. The number of likely N-dealkylation sites (tertiary alicyclic amines) is 1. The van der Waals surface area contributed by atoms with Gasteiger partial charge in [0.25, 0.3) is 5.91 Å². The third kappa shape index (κ3) is 2.56. The van der Waals surface area contributed by atoms with Gasteiger partial charge in [-0.15, -0.1) is 0 Å². The number of aryl methyl sites for hydroxylation is 1. The van der Waals surface area contributed by atoms with Gasteiger partial charge in [-0.3, -0.25) is 9.48 Å². The molecular formula is C13H22N4O. The molecule has 0 aliphatic carbocycles. The van der Waals surface area contributed by atoms with Crippen molar-refractivity contribution in [2.45, 2.75) is 25.8 Å². The van der Waals surface area contributed by atoms with Gasteiger partial charge < -0.3 is 10.2 Å². The molecule has 5 nitrogen and oxygen atoms in total. The summed E-state index contributed by atoms with van der Waals surface area (Å²) in [7, 11) is 3.84. The first-order valence-electron chi connectivity index (χ1n) is 6.61. The van der Waals surface area contributed by atoms with Crippen molar-refractivity contribution >= 4 is 5.91 Å². The fraction of sp³-hybridized carbons (Fsp3) is 0.692. The second-order valence-electron chi connectivity index (χ2n) is 5.01. The highest BCUT2D eigenvalue weighted by Crippen LogP contribution is 2.21. The summed E-state index contributed by atoms with van der Waals surface area (Å²) in [5.41, 5.74) is 0.690. The number of hydrogen-bond acceptors (Lipinski definition) is 3. The molecule has 0 spiro atoms. The van der Waals surface area contributed by atoms with Crippen molar-refractivity contribution in [3.8, 4) is 0 Å². The van der Waals surface area contributed by atoms with Gasteiger partial charge in [0.15, 0.2) is 0 Å². The quantitative estimate of drug-likeness (QED) is 0.866. The summed E-state index contributed by atoms with van der Waals surface area (Å²) in [6.45, 7) is 3.86. The lowest BCUT2D eigenvalue weighted by molar-refractivity contribution is 0.0631. The van der Waals surface area contributed by atoms with Crippen LogP contribution < -0.4 is 5.32 Å². The number of hydrogen-bond donors (Lipinski definition) is 1. The van der Waals surface area contributed by atoms with E-state index in [1.807, 2.05) is 19.0 Å². The summed E-state index contributed by atoms with van der Waals surface area (Å²) in [6, 6.07) is 0.535. The SMILES string of the molecule is CCC1CN(C(=O)c2cnn(C)c2)CCC1NC. The second kappa shape index (κ2) is 5.52. The van der Waals surface area contributed by atoms with Crippen LogP contribution in [0.2, 0.25) is 0 Å². The number of amides is 1. The van der Waals surface area contributed by atoms with Gasteiger partial charge in [0.2, 0.25) is 0 Å². The molecule has 1 aromatic heterocycles. The Kier molecular flexibility index (Phi) is 4.01. The van der Waals surface area contributed by atoms with Gasteiger partial charge in [-0.1, -0.05) is 13.3 Å². The standard InChI is InChI=1S/C13H22N4O/c1-4-10-9-17(6-5-12(10)14-2)13(18)11-7-15-16(3)8-11/h7-8,10,12,14H,4-6,9H2,1-3H3. The topological polar surface area (TPSA) is 50.2 Å². The number of nitrogens with zero attached hydrogens (tertiary/aromatic N) is 3. The van der Waals surface area contributed by atoms with Crippen LogP contribution in [0.1, 0.15) is 30.1 Å². The number of rotatable bonds is 3. The van der Waals surface area contributed by atoms with Gasteiger partial charge in [-0.05, 0) is 19.4 Å². The van der Waals surface area contributed by atoms with Crippen molar-refractivity contribution in [1.29, 1.82) is 0 Å². The minimum Gasteiger partial charge on any atom is -0.338 e. The predicted octanol–water partition coefficient (Wildman–Crippen LogP) is 0.880. The van der Waals surface area contributed by atoms with Gasteiger partial charge in [0, 0.05) is 32.4 Å². The number of piperidine rings is 1. The lowest BCUT2D eigenvalue weighted by Gasteiger charge is -2.38. The van der Waals surface area contributed by atoms with E-state index in [4.69, 9.17) is 0 Å². The first-order chi connectivity index (χ1) is 8.65. The lowest BCUT2D eigenvalue weighted by Crippen LogP contribution is -2.50. The van der Waals surface area contributed by atoms with Gasteiger partial charge in [-0.25, -0.2) is 0 Å². The van der Waals surface area contributed by atoms with Crippen LogP contribution >= 0.6 is 0 Å². The van der Waals surface area contributed by atoms with Crippen molar-refractivity contribution in [3.63, 3.8) is 0 Å². The van der Waals surface area contributed by atoms with Crippen LogP contribution in [0.5, 0.6) is 0 Å². The summed E-state index contributed by atoms with van der Waals surface area (Å²) in [5.74, 6) is 0.653. The van der Waals surface area contributed by atoms with Crippen LogP contribution in [0.3, 0.4) is 0 Å². The molecule has 0 aromatic carbocycles. The monoisotopic (exact) mass is 250 g/mol. The number of carbonyl (C=O) groups is 1. The third-order valence-corrected chi connectivity index (χ3v) is 3.87. The molecule has 2 unspecified atom stereocenters. The minimum atomic E-state index is 0.108. The summed E-state index contributed by atoms with van der Waals surface area (Å²) in [5, 5.41) is 7.41. The molecule has 1 fully saturated rings. The van der Waals surface area contributed by atoms with E-state index in [0.29, 0.717) is 17.5 Å². The fourth-order valence-electron chi connectivity index (χ4n) is 2.72. The Hall–Kier alpha value is -1.36. The molecule has 1 saturated heterocycles. The van der Waals surface area contributed by atoms with E-state index in [-0.39, 0.29) is 5.91 Å². The molecule has 18 heavy (non-hydrogen) atoms. The Morgan fingerprint density at radius 3 is 2.94 bits per heavy atom. The molecule has 100 valence electrons. The maximum Gasteiger partial charge on any atom is 0.257 e. The molecule has 1 aromatic rings. The zero-order valence-corrected chi connectivity index (χ0v) is 11.4. The van der Waals surface area contributed by atoms with E-state index < -0.39 is 0 Å². The van der Waals surface area contributed by atoms with Crippen molar-refractivity contribution in [1.82, 2.24) is 20.0 Å². The smallest absolute Gasteiger partial charge is 0.257 e. The molecule has 0 saturated carbocycles. The van der Waals surface area contributed by atoms with E-state index in [2.05, 4.69) is 17.3 Å². The van der Waals surface area contributed by atoms with E-state index in [9.17, 15) is 4.79 Å². The summed E-state index contributed by atoms with van der Waals surface area (Å²) in [6.07, 6.45) is 5.56. The van der Waals surface area contributed by atoms with Crippen LogP contribution in [0.15, 0.2) is 12.4 Å². The van der Waals surface area contributed by atoms with E-state index in [1.54, 1.807) is 17.1 Å². The maximum absolute atomic E-state index is 12.3. The van der Waals surface area contributed by atoms with Crippen LogP contribution in [0.25, 0.3) is 0 Å². The van der Waals surface area contributed by atoms with Gasteiger partial charge in [-0.2, -0.15) is 5.10 Å². The Balaban J connectivity index is 2.04. The minimum absolute atomic E-state index is 0.108. The van der Waals surface area contributed by atoms with Crippen molar-refractivity contribution in [3.05, 3.63) is 18.0 Å². The van der Waals surface area contributed by atoms with Crippen molar-refractivity contribution < 1.29 is 4.79 Å². The van der Waals surface area contributed by atoms with E-state index in [1.165, 1.54) is 0 Å². The summed E-state index contributed by atoms with van der Waals surface area (Å²) < 4.78 is 1.67. The molecule has 0 bridgehead atoms. The predicted molar refractivity (Wildman–Crippen MR) is 70.4 cm³/mol. The first kappa shape index (κ1) is 13.1. The zero-order chi connectivity index (χ0) is 13.1. The fourth-order valence-corrected chi connectivity index (χ4v) is 2.72. The average Bonchev–Trinajstić information content (AvgIpc) is 2.83. The molecule has 1 aliphatic heterocycles. The van der Waals surface area contributed by atoms with E-state index >= 15 is 0 Å². The first-order valence-corrected chi connectivity index (χ1v) is 6.61. The number of aromatic nitrogens is 2. The lowest BCUT2D eigenvalue weighted by atomic mass is 9.90. The highest BCUT2D eigenvalue weighted by molar-refractivity contribution is 5.93. The Bertz CT molecular complexity index is 415. The molecular weight excluding hydrogens is 228 g/mol. The molecule has 2 heterocycles. The molecule has 1 amide bonds. The number of carbonyl (C=O) groups excluding carboxylic acids is 1. The molecule has 1 N–H and O–H groups in total. The molecule has 2 atom stereocenters. The highest BCUT2D eigenvalue weighted by Gasteiger charge is 2.30. The van der Waals surface area contributed by atoms with Crippen LogP contribution in [0, 0.1) is 5.92 Å².